The van der Waals surface area contributed by atoms with Crippen molar-refractivity contribution < 1.29 is 4.79 Å². The molecule has 0 radical (unpaired) electrons. The molecule has 0 saturated carbocycles. The lowest BCUT2D eigenvalue weighted by Crippen LogP contribution is -2.12. The van der Waals surface area contributed by atoms with E-state index in [1.165, 1.54) is 6.33 Å². The number of pyridine rings is 1. The van der Waals surface area contributed by atoms with Gasteiger partial charge in [0.25, 0.3) is 5.91 Å². The van der Waals surface area contributed by atoms with Crippen molar-refractivity contribution in [3.63, 3.8) is 0 Å². The summed E-state index contributed by atoms with van der Waals surface area (Å²) in [5, 5.41) is 4.12. The van der Waals surface area contributed by atoms with Gasteiger partial charge in [0.1, 0.15) is 17.7 Å². The molecular weight excluding hydrogens is 402 g/mol. The molecule has 0 aliphatic rings. The predicted molar refractivity (Wildman–Crippen MR) is 123 cm³/mol. The normalized spacial score (nSPS) is 11.2. The Bertz CT molecular complexity index is 1460. The lowest BCUT2D eigenvalue weighted by atomic mass is 10.0. The fourth-order valence-corrected chi connectivity index (χ4v) is 3.90. The number of benzene rings is 2. The Morgan fingerprint density at radius 2 is 1.84 bits per heavy atom. The number of anilines is 1. The van der Waals surface area contributed by atoms with Crippen molar-refractivity contribution in [1.82, 2.24) is 24.5 Å². The summed E-state index contributed by atoms with van der Waals surface area (Å²) in [6.45, 7) is 0.571. The zero-order valence-corrected chi connectivity index (χ0v) is 17.5. The van der Waals surface area contributed by atoms with Gasteiger partial charge in [0.05, 0.1) is 28.6 Å². The number of rotatable bonds is 6. The van der Waals surface area contributed by atoms with E-state index in [0.717, 1.165) is 33.2 Å². The maximum atomic E-state index is 11.7. The molecule has 0 spiro atoms. The fourth-order valence-electron chi connectivity index (χ4n) is 3.90. The Hall–Kier alpha value is -4.33. The SMILES string of the molecule is Cn1cnc2c(Cc3cccc(CNc4ncnc5c(C(N)=O)cccc45)c3)nccc21. The molecule has 0 bridgehead atoms. The molecule has 1 amide bonds. The first kappa shape index (κ1) is 19.6. The molecule has 8 heteroatoms. The second-order valence-electron chi connectivity index (χ2n) is 7.62. The number of fused-ring (bicyclic) bond motifs is 2. The lowest BCUT2D eigenvalue weighted by Gasteiger charge is -2.11. The number of imidazole rings is 1. The smallest absolute Gasteiger partial charge is 0.250 e. The lowest BCUT2D eigenvalue weighted by molar-refractivity contribution is 0.100. The van der Waals surface area contributed by atoms with Gasteiger partial charge in [-0.2, -0.15) is 0 Å². The highest BCUT2D eigenvalue weighted by Crippen LogP contribution is 2.23. The topological polar surface area (TPSA) is 112 Å². The highest BCUT2D eigenvalue weighted by molar-refractivity contribution is 6.06. The number of nitrogens with two attached hydrogens (primary N) is 1. The van der Waals surface area contributed by atoms with Gasteiger partial charge in [0.2, 0.25) is 0 Å². The van der Waals surface area contributed by atoms with E-state index in [2.05, 4.69) is 43.5 Å². The van der Waals surface area contributed by atoms with E-state index in [9.17, 15) is 4.79 Å². The van der Waals surface area contributed by atoms with Crippen molar-refractivity contribution in [2.45, 2.75) is 13.0 Å². The minimum atomic E-state index is -0.510. The van der Waals surface area contributed by atoms with Gasteiger partial charge in [-0.25, -0.2) is 15.0 Å². The molecule has 2 aromatic carbocycles. The minimum Gasteiger partial charge on any atom is -0.366 e. The van der Waals surface area contributed by atoms with Crippen LogP contribution in [0.5, 0.6) is 0 Å². The highest BCUT2D eigenvalue weighted by atomic mass is 16.1. The molecule has 0 unspecified atom stereocenters. The van der Waals surface area contributed by atoms with E-state index < -0.39 is 5.91 Å². The van der Waals surface area contributed by atoms with Crippen molar-refractivity contribution in [3.8, 4) is 0 Å². The van der Waals surface area contributed by atoms with E-state index in [1.54, 1.807) is 12.1 Å². The van der Waals surface area contributed by atoms with Crippen molar-refractivity contribution in [2.75, 3.05) is 5.32 Å². The second kappa shape index (κ2) is 8.07. The molecule has 0 atom stereocenters. The maximum absolute atomic E-state index is 11.7. The standard InChI is InChI=1S/C24H21N7O/c1-31-14-30-22-19(26-9-8-20(22)31)11-15-4-2-5-16(10-15)12-27-24-18-7-3-6-17(23(25)32)21(18)28-13-29-24/h2-10,13-14H,11-12H2,1H3,(H2,25,32)(H,27,28,29). The number of nitrogens with zero attached hydrogens (tertiary/aromatic N) is 5. The summed E-state index contributed by atoms with van der Waals surface area (Å²) in [6.07, 6.45) is 5.77. The van der Waals surface area contributed by atoms with E-state index in [0.29, 0.717) is 29.9 Å². The van der Waals surface area contributed by atoms with Crippen molar-refractivity contribution in [2.24, 2.45) is 12.8 Å². The summed E-state index contributed by atoms with van der Waals surface area (Å²) >= 11 is 0. The number of nitrogens with one attached hydrogen (secondary N) is 1. The van der Waals surface area contributed by atoms with Gasteiger partial charge in [0, 0.05) is 31.6 Å². The van der Waals surface area contributed by atoms with Crippen LogP contribution in [0.1, 0.15) is 27.2 Å². The summed E-state index contributed by atoms with van der Waals surface area (Å²) in [4.78, 5) is 29.4. The van der Waals surface area contributed by atoms with Gasteiger partial charge >= 0.3 is 0 Å². The number of amides is 1. The van der Waals surface area contributed by atoms with Gasteiger partial charge in [-0.05, 0) is 29.3 Å². The first-order valence-electron chi connectivity index (χ1n) is 10.2. The molecule has 0 aliphatic heterocycles. The number of hydrogen-bond acceptors (Lipinski definition) is 6. The van der Waals surface area contributed by atoms with Crippen LogP contribution in [-0.2, 0) is 20.0 Å². The Morgan fingerprint density at radius 3 is 2.72 bits per heavy atom. The van der Waals surface area contributed by atoms with Crippen molar-refractivity contribution >= 4 is 33.7 Å². The fraction of sp³-hybridized carbons (Fsp3) is 0.125. The van der Waals surface area contributed by atoms with Gasteiger partial charge in [0.15, 0.2) is 0 Å². The summed E-state index contributed by atoms with van der Waals surface area (Å²) in [6, 6.07) is 15.6. The molecular formula is C24H21N7O. The Labute approximate surface area is 184 Å². The number of para-hydroxylation sites is 1. The van der Waals surface area contributed by atoms with Gasteiger partial charge in [-0.15, -0.1) is 0 Å². The number of aryl methyl sites for hydroxylation is 1. The maximum Gasteiger partial charge on any atom is 0.250 e. The first-order valence-corrected chi connectivity index (χ1v) is 10.2. The summed E-state index contributed by atoms with van der Waals surface area (Å²) in [5.74, 6) is 0.146. The van der Waals surface area contributed by atoms with Crippen LogP contribution in [0.25, 0.3) is 21.9 Å². The summed E-state index contributed by atoms with van der Waals surface area (Å²) in [7, 11) is 1.98. The van der Waals surface area contributed by atoms with E-state index >= 15 is 0 Å². The van der Waals surface area contributed by atoms with Crippen LogP contribution < -0.4 is 11.1 Å². The zero-order valence-electron chi connectivity index (χ0n) is 17.5. The van der Waals surface area contributed by atoms with E-state index in [-0.39, 0.29) is 0 Å². The number of aromatic nitrogens is 5. The van der Waals surface area contributed by atoms with E-state index in [1.807, 2.05) is 42.3 Å². The van der Waals surface area contributed by atoms with E-state index in [4.69, 9.17) is 5.73 Å². The van der Waals surface area contributed by atoms with Crippen LogP contribution in [0.2, 0.25) is 0 Å². The van der Waals surface area contributed by atoms with Crippen molar-refractivity contribution in [1.29, 1.82) is 0 Å². The van der Waals surface area contributed by atoms with Crippen molar-refractivity contribution in [3.05, 3.63) is 89.8 Å². The number of carbonyl (C=O) groups is 1. The molecule has 0 saturated heterocycles. The molecule has 3 N–H and O–H groups in total. The van der Waals surface area contributed by atoms with Crippen LogP contribution in [0, 0.1) is 0 Å². The Balaban J connectivity index is 1.38. The monoisotopic (exact) mass is 423 g/mol. The molecule has 0 aliphatic carbocycles. The second-order valence-corrected chi connectivity index (χ2v) is 7.62. The summed E-state index contributed by atoms with van der Waals surface area (Å²) in [5.41, 5.74) is 11.6. The number of primary amides is 1. The molecule has 0 fully saturated rings. The van der Waals surface area contributed by atoms with Gasteiger partial charge in [-0.3, -0.25) is 9.78 Å². The third kappa shape index (κ3) is 3.62. The molecule has 32 heavy (non-hydrogen) atoms. The zero-order chi connectivity index (χ0) is 22.1. The molecule has 5 aromatic rings. The third-order valence-corrected chi connectivity index (χ3v) is 5.47. The van der Waals surface area contributed by atoms with Crippen LogP contribution >= 0.6 is 0 Å². The molecule has 5 rings (SSSR count). The molecule has 3 heterocycles. The Morgan fingerprint density at radius 1 is 1.00 bits per heavy atom. The van der Waals surface area contributed by atoms with Crippen LogP contribution in [0.3, 0.4) is 0 Å². The predicted octanol–water partition coefficient (Wildman–Crippen LogP) is 3.21. The molecule has 8 nitrogen and oxygen atoms in total. The average molecular weight is 423 g/mol. The largest absolute Gasteiger partial charge is 0.366 e. The highest BCUT2D eigenvalue weighted by Gasteiger charge is 2.12. The molecule has 3 aromatic heterocycles. The average Bonchev–Trinajstić information content (AvgIpc) is 3.19. The first-order chi connectivity index (χ1) is 15.6. The summed E-state index contributed by atoms with van der Waals surface area (Å²) < 4.78 is 2.00. The van der Waals surface area contributed by atoms with Gasteiger partial charge < -0.3 is 15.6 Å². The Kier molecular flexibility index (Phi) is 4.95. The van der Waals surface area contributed by atoms with Gasteiger partial charge in [-0.1, -0.05) is 30.3 Å². The minimum absolute atomic E-state index is 0.381. The van der Waals surface area contributed by atoms with Crippen LogP contribution in [0.15, 0.2) is 67.4 Å². The van der Waals surface area contributed by atoms with Crippen LogP contribution in [0.4, 0.5) is 5.82 Å². The quantitative estimate of drug-likeness (QED) is 0.434. The number of carbonyl (C=O) groups excluding carboxylic acids is 1. The third-order valence-electron chi connectivity index (χ3n) is 5.47. The van der Waals surface area contributed by atoms with Crippen LogP contribution in [-0.4, -0.2) is 30.4 Å². The number of hydrogen-bond donors (Lipinski definition) is 2. The molecule has 158 valence electrons.